The lowest BCUT2D eigenvalue weighted by atomic mass is 9.95. The summed E-state index contributed by atoms with van der Waals surface area (Å²) < 4.78 is 11.8. The first-order valence-corrected chi connectivity index (χ1v) is 8.48. The summed E-state index contributed by atoms with van der Waals surface area (Å²) in [5, 5.41) is 0. The second kappa shape index (κ2) is 8.55. The van der Waals surface area contributed by atoms with Crippen LogP contribution in [0.3, 0.4) is 0 Å². The van der Waals surface area contributed by atoms with E-state index in [1.807, 2.05) is 0 Å². The molecule has 2 rings (SSSR count). The molecule has 0 amide bonds. The van der Waals surface area contributed by atoms with Crippen LogP contribution in [0, 0.1) is 18.8 Å². The summed E-state index contributed by atoms with van der Waals surface area (Å²) >= 11 is 0. The Morgan fingerprint density at radius 3 is 2.38 bits per heavy atom. The molecule has 1 aliphatic heterocycles. The van der Waals surface area contributed by atoms with Gasteiger partial charge in [0.25, 0.3) is 0 Å². The summed E-state index contributed by atoms with van der Waals surface area (Å²) in [6.45, 7) is 8.40. The number of benzene rings is 1. The van der Waals surface area contributed by atoms with Crippen LogP contribution in [0.1, 0.15) is 63.4 Å². The summed E-state index contributed by atoms with van der Waals surface area (Å²) in [6, 6.07) is 8.44. The first kappa shape index (κ1) is 16.5. The van der Waals surface area contributed by atoms with E-state index < -0.39 is 0 Å². The highest BCUT2D eigenvalue weighted by atomic mass is 16.7. The van der Waals surface area contributed by atoms with Crippen LogP contribution in [0.4, 0.5) is 0 Å². The van der Waals surface area contributed by atoms with Gasteiger partial charge in [-0.25, -0.2) is 0 Å². The lowest BCUT2D eigenvalue weighted by molar-refractivity contribution is -0.206. The van der Waals surface area contributed by atoms with Crippen LogP contribution < -0.4 is 0 Å². The zero-order chi connectivity index (χ0) is 15.1. The summed E-state index contributed by atoms with van der Waals surface area (Å²) in [6.07, 6.45) is 6.36. The molecule has 1 atom stereocenters. The molecule has 0 saturated carbocycles. The zero-order valence-corrected chi connectivity index (χ0v) is 13.8. The minimum Gasteiger partial charge on any atom is -0.348 e. The monoisotopic (exact) mass is 290 g/mol. The molecule has 118 valence electrons. The Morgan fingerprint density at radius 1 is 1.10 bits per heavy atom. The Kier molecular flexibility index (Phi) is 6.72. The Labute approximate surface area is 129 Å². The molecule has 0 N–H and O–H groups in total. The first-order chi connectivity index (χ1) is 10.2. The Morgan fingerprint density at radius 2 is 1.76 bits per heavy atom. The second-order valence-corrected chi connectivity index (χ2v) is 6.60. The van der Waals surface area contributed by atoms with Crippen LogP contribution in [0.5, 0.6) is 0 Å². The van der Waals surface area contributed by atoms with E-state index in [1.54, 1.807) is 0 Å². The third-order valence-electron chi connectivity index (χ3n) is 4.41. The Bertz CT molecular complexity index is 391. The largest absolute Gasteiger partial charge is 0.348 e. The molecule has 0 aliphatic carbocycles. The summed E-state index contributed by atoms with van der Waals surface area (Å²) in [7, 11) is 0. The lowest BCUT2D eigenvalue weighted by Crippen LogP contribution is -2.27. The van der Waals surface area contributed by atoms with Crippen molar-refractivity contribution in [2.24, 2.45) is 11.8 Å². The van der Waals surface area contributed by atoms with E-state index in [4.69, 9.17) is 9.47 Å². The molecular formula is C19H30O2. The van der Waals surface area contributed by atoms with Crippen molar-refractivity contribution in [1.82, 2.24) is 0 Å². The molecule has 2 nitrogen and oxygen atoms in total. The second-order valence-electron chi connectivity index (χ2n) is 6.60. The minimum atomic E-state index is -0.166. The smallest absolute Gasteiger partial charge is 0.183 e. The summed E-state index contributed by atoms with van der Waals surface area (Å²) in [4.78, 5) is 0. The highest BCUT2D eigenvalue weighted by Crippen LogP contribution is 2.27. The average molecular weight is 290 g/mol. The molecule has 0 aromatic heterocycles. The van der Waals surface area contributed by atoms with Crippen molar-refractivity contribution in [2.45, 2.75) is 59.2 Å². The highest BCUT2D eigenvalue weighted by Gasteiger charge is 2.23. The number of hydrogen-bond acceptors (Lipinski definition) is 2. The molecule has 1 aliphatic rings. The van der Waals surface area contributed by atoms with Crippen LogP contribution in [0.25, 0.3) is 0 Å². The fourth-order valence-electron chi connectivity index (χ4n) is 3.02. The van der Waals surface area contributed by atoms with Crippen LogP contribution in [0.2, 0.25) is 0 Å². The van der Waals surface area contributed by atoms with Gasteiger partial charge in [0, 0.05) is 11.5 Å². The maximum atomic E-state index is 5.90. The molecule has 1 fully saturated rings. The van der Waals surface area contributed by atoms with Crippen LogP contribution in [-0.4, -0.2) is 13.2 Å². The topological polar surface area (TPSA) is 18.5 Å². The van der Waals surface area contributed by atoms with E-state index >= 15 is 0 Å². The van der Waals surface area contributed by atoms with E-state index in [1.165, 1.54) is 37.7 Å². The number of ether oxygens (including phenoxy) is 2. The molecule has 0 spiro atoms. The van der Waals surface area contributed by atoms with E-state index in [9.17, 15) is 0 Å². The summed E-state index contributed by atoms with van der Waals surface area (Å²) in [5.41, 5.74) is 2.41. The van der Waals surface area contributed by atoms with E-state index in [0.29, 0.717) is 5.92 Å². The fraction of sp³-hybridized carbons (Fsp3) is 0.684. The van der Waals surface area contributed by atoms with Crippen molar-refractivity contribution in [1.29, 1.82) is 0 Å². The molecule has 1 aromatic carbocycles. The van der Waals surface area contributed by atoms with Gasteiger partial charge in [-0.3, -0.25) is 0 Å². The van der Waals surface area contributed by atoms with Crippen molar-refractivity contribution in [3.63, 3.8) is 0 Å². The number of rotatable bonds is 7. The van der Waals surface area contributed by atoms with Gasteiger partial charge in [0.2, 0.25) is 0 Å². The van der Waals surface area contributed by atoms with Crippen LogP contribution in [0.15, 0.2) is 24.3 Å². The van der Waals surface area contributed by atoms with Crippen molar-refractivity contribution < 1.29 is 9.47 Å². The predicted molar refractivity (Wildman–Crippen MR) is 87.2 cm³/mol. The van der Waals surface area contributed by atoms with Gasteiger partial charge in [-0.15, -0.1) is 0 Å². The zero-order valence-electron chi connectivity index (χ0n) is 13.8. The van der Waals surface area contributed by atoms with Gasteiger partial charge in [0.05, 0.1) is 13.2 Å². The quantitative estimate of drug-likeness (QED) is 0.681. The normalized spacial score (nSPS) is 24.0. The van der Waals surface area contributed by atoms with Gasteiger partial charge in [-0.05, 0) is 19.3 Å². The lowest BCUT2D eigenvalue weighted by Gasteiger charge is -2.30. The third-order valence-corrected chi connectivity index (χ3v) is 4.41. The average Bonchev–Trinajstić information content (AvgIpc) is 2.49. The van der Waals surface area contributed by atoms with Gasteiger partial charge in [-0.2, -0.15) is 0 Å². The Balaban J connectivity index is 1.67. The minimum absolute atomic E-state index is 0.166. The molecule has 21 heavy (non-hydrogen) atoms. The third kappa shape index (κ3) is 5.44. The van der Waals surface area contributed by atoms with Gasteiger partial charge in [0.15, 0.2) is 6.29 Å². The van der Waals surface area contributed by atoms with Gasteiger partial charge < -0.3 is 9.47 Å². The van der Waals surface area contributed by atoms with Crippen molar-refractivity contribution in [3.05, 3.63) is 35.4 Å². The van der Waals surface area contributed by atoms with Crippen molar-refractivity contribution in [3.8, 4) is 0 Å². The van der Waals surface area contributed by atoms with Crippen molar-refractivity contribution >= 4 is 0 Å². The molecule has 1 saturated heterocycles. The van der Waals surface area contributed by atoms with Crippen LogP contribution in [-0.2, 0) is 9.47 Å². The Hall–Kier alpha value is -0.860. The molecule has 1 heterocycles. The molecule has 1 aromatic rings. The molecule has 0 radical (unpaired) electrons. The number of hydrogen-bond donors (Lipinski definition) is 0. The SMILES string of the molecule is CCCC(C)CCCC1COC(c2ccc(C)cc2)OC1. The standard InChI is InChI=1S/C19H30O2/c1-4-6-15(2)7-5-8-17-13-20-19(21-14-17)18-11-9-16(3)10-12-18/h9-12,15,17,19H,4-8,13-14H2,1-3H3. The first-order valence-electron chi connectivity index (χ1n) is 8.48. The van der Waals surface area contributed by atoms with E-state index in [0.717, 1.165) is 24.7 Å². The van der Waals surface area contributed by atoms with Gasteiger partial charge in [0.1, 0.15) is 0 Å². The fourth-order valence-corrected chi connectivity index (χ4v) is 3.02. The molecular weight excluding hydrogens is 260 g/mol. The van der Waals surface area contributed by atoms with Gasteiger partial charge in [-0.1, -0.05) is 69.4 Å². The summed E-state index contributed by atoms with van der Waals surface area (Å²) in [5.74, 6) is 1.43. The molecule has 2 heteroatoms. The van der Waals surface area contributed by atoms with Crippen LogP contribution >= 0.6 is 0 Å². The molecule has 1 unspecified atom stereocenters. The van der Waals surface area contributed by atoms with Gasteiger partial charge >= 0.3 is 0 Å². The highest BCUT2D eigenvalue weighted by molar-refractivity contribution is 5.22. The maximum absolute atomic E-state index is 5.90. The van der Waals surface area contributed by atoms with E-state index in [2.05, 4.69) is 45.0 Å². The van der Waals surface area contributed by atoms with E-state index in [-0.39, 0.29) is 6.29 Å². The van der Waals surface area contributed by atoms with Crippen molar-refractivity contribution in [2.75, 3.05) is 13.2 Å². The number of aryl methyl sites for hydroxylation is 1. The maximum Gasteiger partial charge on any atom is 0.183 e. The predicted octanol–water partition coefficient (Wildman–Crippen LogP) is 5.26. The molecule has 0 bridgehead atoms.